The van der Waals surface area contributed by atoms with Crippen LogP contribution in [0.5, 0.6) is 0 Å². The summed E-state index contributed by atoms with van der Waals surface area (Å²) in [5.41, 5.74) is -0.583. The summed E-state index contributed by atoms with van der Waals surface area (Å²) in [7, 11) is 0. The first-order chi connectivity index (χ1) is 6.58. The fraction of sp³-hybridized carbons (Fsp3) is 0.900. The summed E-state index contributed by atoms with van der Waals surface area (Å²) in [6.07, 6.45) is 2.76. The number of amides is 1. The molecule has 2 unspecified atom stereocenters. The molecule has 0 bridgehead atoms. The maximum atomic E-state index is 11.8. The molecule has 1 aliphatic heterocycles. The van der Waals surface area contributed by atoms with E-state index in [-0.39, 0.29) is 11.9 Å². The van der Waals surface area contributed by atoms with Crippen molar-refractivity contribution >= 4 is 21.8 Å². The van der Waals surface area contributed by atoms with E-state index in [4.69, 9.17) is 4.74 Å². The van der Waals surface area contributed by atoms with Gasteiger partial charge in [-0.15, -0.1) is 0 Å². The van der Waals surface area contributed by atoms with Crippen molar-refractivity contribution in [1.29, 1.82) is 0 Å². The Bertz CT molecular complexity index is 202. The maximum Gasteiger partial charge on any atom is 0.252 e. The van der Waals surface area contributed by atoms with Crippen LogP contribution >= 0.6 is 15.9 Å². The predicted molar refractivity (Wildman–Crippen MR) is 59.6 cm³/mol. The molecule has 0 aliphatic carbocycles. The van der Waals surface area contributed by atoms with Crippen LogP contribution in [0.4, 0.5) is 0 Å². The van der Waals surface area contributed by atoms with Crippen molar-refractivity contribution in [2.24, 2.45) is 0 Å². The van der Waals surface area contributed by atoms with Crippen molar-refractivity contribution < 1.29 is 9.53 Å². The minimum atomic E-state index is -0.583. The number of carbonyl (C=O) groups excluding carboxylic acids is 1. The number of hydrogen-bond donors (Lipinski definition) is 1. The molecule has 1 heterocycles. The molecule has 1 aliphatic rings. The van der Waals surface area contributed by atoms with Crippen LogP contribution in [0, 0.1) is 0 Å². The van der Waals surface area contributed by atoms with Gasteiger partial charge in [-0.3, -0.25) is 4.79 Å². The van der Waals surface area contributed by atoms with Gasteiger partial charge in [-0.2, -0.15) is 0 Å². The Labute approximate surface area is 93.7 Å². The molecule has 1 saturated heterocycles. The minimum Gasteiger partial charge on any atom is -0.365 e. The van der Waals surface area contributed by atoms with Gasteiger partial charge in [0.15, 0.2) is 0 Å². The maximum absolute atomic E-state index is 11.8. The number of nitrogens with one attached hydrogen (secondary N) is 1. The number of rotatable bonds is 4. The zero-order chi connectivity index (χ0) is 10.6. The van der Waals surface area contributed by atoms with E-state index in [0.717, 1.165) is 24.6 Å². The molecule has 0 spiro atoms. The third kappa shape index (κ3) is 2.95. The van der Waals surface area contributed by atoms with E-state index in [1.165, 1.54) is 0 Å². The van der Waals surface area contributed by atoms with Gasteiger partial charge >= 0.3 is 0 Å². The van der Waals surface area contributed by atoms with Gasteiger partial charge in [0.2, 0.25) is 0 Å². The first-order valence-electron chi connectivity index (χ1n) is 5.09. The van der Waals surface area contributed by atoms with Gasteiger partial charge in [-0.25, -0.2) is 0 Å². The highest BCUT2D eigenvalue weighted by molar-refractivity contribution is 9.09. The molecule has 0 aromatic rings. The van der Waals surface area contributed by atoms with Crippen molar-refractivity contribution in [3.63, 3.8) is 0 Å². The van der Waals surface area contributed by atoms with Crippen molar-refractivity contribution in [3.05, 3.63) is 0 Å². The highest BCUT2D eigenvalue weighted by Gasteiger charge is 2.37. The van der Waals surface area contributed by atoms with Crippen LogP contribution in [0.3, 0.4) is 0 Å². The highest BCUT2D eigenvalue weighted by Crippen LogP contribution is 2.25. The summed E-state index contributed by atoms with van der Waals surface area (Å²) in [5.74, 6) is 0.0310. The fourth-order valence-corrected chi connectivity index (χ4v) is 2.26. The molecule has 1 rings (SSSR count). The smallest absolute Gasteiger partial charge is 0.252 e. The van der Waals surface area contributed by atoms with Gasteiger partial charge in [0.05, 0.1) is 0 Å². The predicted octanol–water partition coefficient (Wildman–Crippen LogP) is 1.85. The summed E-state index contributed by atoms with van der Waals surface area (Å²) in [6.45, 7) is 4.59. The van der Waals surface area contributed by atoms with Crippen molar-refractivity contribution in [3.8, 4) is 0 Å². The second-order valence-electron chi connectivity index (χ2n) is 4.04. The quantitative estimate of drug-likeness (QED) is 0.787. The van der Waals surface area contributed by atoms with Gasteiger partial charge < -0.3 is 10.1 Å². The molecule has 1 amide bonds. The molecule has 1 N–H and O–H groups in total. The van der Waals surface area contributed by atoms with E-state index in [9.17, 15) is 4.79 Å². The number of ether oxygens (including phenoxy) is 1. The molecular formula is C10H18BrNO2. The largest absolute Gasteiger partial charge is 0.365 e. The molecule has 82 valence electrons. The Morgan fingerprint density at radius 2 is 2.43 bits per heavy atom. The summed E-state index contributed by atoms with van der Waals surface area (Å²) >= 11 is 3.35. The summed E-state index contributed by atoms with van der Waals surface area (Å²) in [5, 5.41) is 3.88. The SMILES string of the molecule is CC(CCBr)NC(=O)C1(C)CCCO1. The van der Waals surface area contributed by atoms with Crippen LogP contribution in [0.1, 0.15) is 33.1 Å². The lowest BCUT2D eigenvalue weighted by molar-refractivity contribution is -0.140. The molecular weight excluding hydrogens is 246 g/mol. The number of halogens is 1. The van der Waals surface area contributed by atoms with Crippen LogP contribution < -0.4 is 5.32 Å². The van der Waals surface area contributed by atoms with Crippen LogP contribution in [0.15, 0.2) is 0 Å². The number of carbonyl (C=O) groups is 1. The first-order valence-corrected chi connectivity index (χ1v) is 6.21. The van der Waals surface area contributed by atoms with Gasteiger partial charge in [-0.1, -0.05) is 15.9 Å². The van der Waals surface area contributed by atoms with Gasteiger partial charge in [-0.05, 0) is 33.1 Å². The van der Waals surface area contributed by atoms with E-state index in [1.807, 2.05) is 13.8 Å². The van der Waals surface area contributed by atoms with E-state index < -0.39 is 5.60 Å². The molecule has 0 aromatic carbocycles. The standard InChI is InChI=1S/C10H18BrNO2/c1-8(4-6-11)12-9(13)10(2)5-3-7-14-10/h8H,3-7H2,1-2H3,(H,12,13). The minimum absolute atomic E-state index is 0.0310. The lowest BCUT2D eigenvalue weighted by Gasteiger charge is -2.24. The lowest BCUT2D eigenvalue weighted by atomic mass is 10.0. The van der Waals surface area contributed by atoms with Crippen LogP contribution in [0.2, 0.25) is 0 Å². The van der Waals surface area contributed by atoms with Gasteiger partial charge in [0.25, 0.3) is 5.91 Å². The zero-order valence-electron chi connectivity index (χ0n) is 8.81. The van der Waals surface area contributed by atoms with Crippen molar-refractivity contribution in [1.82, 2.24) is 5.32 Å². The normalized spacial score (nSPS) is 28.8. The van der Waals surface area contributed by atoms with Gasteiger partial charge in [0, 0.05) is 18.0 Å². The monoisotopic (exact) mass is 263 g/mol. The zero-order valence-corrected chi connectivity index (χ0v) is 10.4. The Morgan fingerprint density at radius 1 is 1.71 bits per heavy atom. The number of hydrogen-bond acceptors (Lipinski definition) is 2. The average molecular weight is 264 g/mol. The summed E-state index contributed by atoms with van der Waals surface area (Å²) in [4.78, 5) is 11.8. The Hall–Kier alpha value is -0.0900. The second-order valence-corrected chi connectivity index (χ2v) is 4.83. The van der Waals surface area contributed by atoms with E-state index >= 15 is 0 Å². The second kappa shape index (κ2) is 5.12. The summed E-state index contributed by atoms with van der Waals surface area (Å²) in [6, 6.07) is 0.211. The third-order valence-corrected chi connectivity index (χ3v) is 3.08. The Kier molecular flexibility index (Phi) is 4.38. The lowest BCUT2D eigenvalue weighted by Crippen LogP contribution is -2.47. The van der Waals surface area contributed by atoms with E-state index in [0.29, 0.717) is 6.61 Å². The van der Waals surface area contributed by atoms with Crippen LogP contribution in [-0.2, 0) is 9.53 Å². The third-order valence-electron chi connectivity index (χ3n) is 2.62. The Balaban J connectivity index is 2.40. The molecule has 1 fully saturated rings. The van der Waals surface area contributed by atoms with Gasteiger partial charge in [0.1, 0.15) is 5.60 Å². The molecule has 3 nitrogen and oxygen atoms in total. The topological polar surface area (TPSA) is 38.3 Å². The molecule has 2 atom stereocenters. The summed E-state index contributed by atoms with van der Waals surface area (Å²) < 4.78 is 5.46. The Morgan fingerprint density at radius 3 is 2.93 bits per heavy atom. The molecule has 0 saturated carbocycles. The first kappa shape index (κ1) is 12.0. The highest BCUT2D eigenvalue weighted by atomic mass is 79.9. The molecule has 0 aromatic heterocycles. The van der Waals surface area contributed by atoms with E-state index in [1.54, 1.807) is 0 Å². The molecule has 4 heteroatoms. The van der Waals surface area contributed by atoms with Crippen LogP contribution in [-0.4, -0.2) is 29.5 Å². The van der Waals surface area contributed by atoms with E-state index in [2.05, 4.69) is 21.2 Å². The molecule has 14 heavy (non-hydrogen) atoms. The van der Waals surface area contributed by atoms with Crippen molar-refractivity contribution in [2.45, 2.75) is 44.8 Å². The average Bonchev–Trinajstić information content (AvgIpc) is 2.54. The van der Waals surface area contributed by atoms with Crippen LogP contribution in [0.25, 0.3) is 0 Å². The number of alkyl halides is 1. The fourth-order valence-electron chi connectivity index (χ4n) is 1.57. The van der Waals surface area contributed by atoms with Crippen molar-refractivity contribution in [2.75, 3.05) is 11.9 Å². The molecule has 0 radical (unpaired) electrons.